The van der Waals surface area contributed by atoms with E-state index in [0.29, 0.717) is 34.8 Å². The molecule has 2 N–H and O–H groups in total. The van der Waals surface area contributed by atoms with Gasteiger partial charge >= 0.3 is 0 Å². The molecule has 2 aromatic carbocycles. The van der Waals surface area contributed by atoms with Crippen molar-refractivity contribution < 1.29 is 13.9 Å². The normalized spacial score (nSPS) is 24.6. The van der Waals surface area contributed by atoms with E-state index in [-0.39, 0.29) is 23.7 Å². The zero-order chi connectivity index (χ0) is 22.7. The summed E-state index contributed by atoms with van der Waals surface area (Å²) in [7, 11) is 0. The zero-order valence-corrected chi connectivity index (χ0v) is 18.5. The minimum Gasteiger partial charge on any atom is -0.490 e. The van der Waals surface area contributed by atoms with E-state index in [9.17, 15) is 9.18 Å². The molecule has 0 saturated heterocycles. The molecular formula is C26H25FN4O2. The minimum absolute atomic E-state index is 0.00162. The predicted octanol–water partition coefficient (Wildman–Crippen LogP) is 5.24. The van der Waals surface area contributed by atoms with E-state index >= 15 is 0 Å². The van der Waals surface area contributed by atoms with Crippen molar-refractivity contribution in [3.05, 3.63) is 60.0 Å². The van der Waals surface area contributed by atoms with E-state index in [2.05, 4.69) is 20.3 Å². The first-order chi connectivity index (χ1) is 16.0. The molecule has 0 spiro atoms. The molecule has 33 heavy (non-hydrogen) atoms. The van der Waals surface area contributed by atoms with E-state index in [1.54, 1.807) is 18.3 Å². The van der Waals surface area contributed by atoms with Crippen molar-refractivity contribution in [2.24, 2.45) is 23.7 Å². The summed E-state index contributed by atoms with van der Waals surface area (Å²) in [5.74, 6) is 2.12. The maximum Gasteiger partial charge on any atom is 0.229 e. The van der Waals surface area contributed by atoms with Gasteiger partial charge in [0.15, 0.2) is 0 Å². The Labute approximate surface area is 190 Å². The van der Waals surface area contributed by atoms with Gasteiger partial charge in [0.2, 0.25) is 11.9 Å². The number of anilines is 1. The first-order valence-corrected chi connectivity index (χ1v) is 11.4. The van der Waals surface area contributed by atoms with Gasteiger partial charge in [0.25, 0.3) is 0 Å². The number of pyridine rings is 1. The quantitative estimate of drug-likeness (QED) is 0.441. The number of benzene rings is 2. The van der Waals surface area contributed by atoms with Gasteiger partial charge in [-0.05, 0) is 79.5 Å². The smallest absolute Gasteiger partial charge is 0.229 e. The van der Waals surface area contributed by atoms with Crippen LogP contribution in [0.25, 0.3) is 21.9 Å². The Morgan fingerprint density at radius 2 is 1.97 bits per heavy atom. The number of hydrogen-bond acceptors (Lipinski definition) is 4. The number of carbonyl (C=O) groups is 1. The van der Waals surface area contributed by atoms with Crippen LogP contribution in [0.15, 0.2) is 48.7 Å². The van der Waals surface area contributed by atoms with Gasteiger partial charge in [0, 0.05) is 17.5 Å². The van der Waals surface area contributed by atoms with Crippen LogP contribution in [0, 0.1) is 36.4 Å². The molecule has 4 aromatic rings. The van der Waals surface area contributed by atoms with Gasteiger partial charge in [0.05, 0.1) is 22.7 Å². The van der Waals surface area contributed by atoms with Crippen molar-refractivity contribution in [2.45, 2.75) is 32.8 Å². The van der Waals surface area contributed by atoms with Gasteiger partial charge in [-0.25, -0.2) is 9.37 Å². The third-order valence-electron chi connectivity index (χ3n) is 7.30. The number of aromatic nitrogens is 3. The number of aromatic amines is 1. The monoisotopic (exact) mass is 444 g/mol. The summed E-state index contributed by atoms with van der Waals surface area (Å²) in [6, 6.07) is 12.3. The van der Waals surface area contributed by atoms with Crippen LogP contribution in [0.2, 0.25) is 0 Å². The number of imidazole rings is 1. The van der Waals surface area contributed by atoms with Crippen molar-refractivity contribution in [3.63, 3.8) is 0 Å². The number of nitrogens with one attached hydrogen (secondary N) is 2. The molecule has 1 unspecified atom stereocenters. The molecule has 6 rings (SSSR count). The molecule has 7 heteroatoms. The van der Waals surface area contributed by atoms with Gasteiger partial charge in [-0.15, -0.1) is 0 Å². The summed E-state index contributed by atoms with van der Waals surface area (Å²) < 4.78 is 20.0. The molecule has 5 atom stereocenters. The van der Waals surface area contributed by atoms with E-state index in [0.717, 1.165) is 35.0 Å². The standard InChI is InChI=1S/C26H25FN4O2/c1-13-3-5-21-22(9-13)30-26(29-21)31-25(32)14(2)24-17-11-16(12-18(17)24)33-23-7-8-28-20-6-4-15(27)10-19(20)23/h3-10,14,16-18,24H,11-12H2,1-2H3,(H2,29,30,31,32)/t14?,16-,17-,18+,24+. The van der Waals surface area contributed by atoms with Crippen LogP contribution >= 0.6 is 0 Å². The lowest BCUT2D eigenvalue weighted by Gasteiger charge is -2.20. The van der Waals surface area contributed by atoms with Crippen LogP contribution < -0.4 is 10.1 Å². The molecule has 1 amide bonds. The van der Waals surface area contributed by atoms with Crippen LogP contribution in [0.5, 0.6) is 5.75 Å². The highest BCUT2D eigenvalue weighted by atomic mass is 19.1. The lowest BCUT2D eigenvalue weighted by atomic mass is 9.97. The summed E-state index contributed by atoms with van der Waals surface area (Å²) >= 11 is 0. The SMILES string of the molecule is Cc1ccc2[nH]c(NC(=O)C(C)[C@H]3[C@@H]4C[C@@H](Oc5ccnc6ccc(F)cc56)C[C@@H]43)nc2c1. The van der Waals surface area contributed by atoms with Crippen molar-refractivity contribution >= 4 is 33.8 Å². The van der Waals surface area contributed by atoms with Gasteiger partial charge < -0.3 is 9.72 Å². The molecular weight excluding hydrogens is 419 g/mol. The molecule has 0 aliphatic heterocycles. The summed E-state index contributed by atoms with van der Waals surface area (Å²) in [5, 5.41) is 3.66. The Bertz CT molecular complexity index is 1370. The van der Waals surface area contributed by atoms with E-state index < -0.39 is 0 Å². The number of nitrogens with zero attached hydrogens (tertiary/aromatic N) is 2. The van der Waals surface area contributed by atoms with Crippen LogP contribution in [0.1, 0.15) is 25.3 Å². The predicted molar refractivity (Wildman–Crippen MR) is 124 cm³/mol. The number of ether oxygens (including phenoxy) is 1. The fourth-order valence-electron chi connectivity index (χ4n) is 5.64. The second kappa shape index (κ2) is 7.54. The summed E-state index contributed by atoms with van der Waals surface area (Å²) in [6.07, 6.45) is 3.60. The molecule has 2 aliphatic carbocycles. The molecule has 2 aliphatic rings. The van der Waals surface area contributed by atoms with E-state index in [1.165, 1.54) is 12.1 Å². The Hall–Kier alpha value is -3.48. The third-order valence-corrected chi connectivity index (χ3v) is 7.30. The van der Waals surface area contributed by atoms with Gasteiger partial charge in [0.1, 0.15) is 11.6 Å². The average molecular weight is 445 g/mol. The highest BCUT2D eigenvalue weighted by Gasteiger charge is 2.59. The number of fused-ring (bicyclic) bond motifs is 3. The molecule has 2 aromatic heterocycles. The summed E-state index contributed by atoms with van der Waals surface area (Å²) in [5.41, 5.74) is 3.62. The van der Waals surface area contributed by atoms with Gasteiger partial charge in [-0.1, -0.05) is 13.0 Å². The van der Waals surface area contributed by atoms with Crippen molar-refractivity contribution in [2.75, 3.05) is 5.32 Å². The van der Waals surface area contributed by atoms with Gasteiger partial charge in [-0.3, -0.25) is 15.1 Å². The molecule has 0 radical (unpaired) electrons. The Balaban J connectivity index is 1.08. The average Bonchev–Trinajstić information content (AvgIpc) is 3.10. The highest BCUT2D eigenvalue weighted by Crippen LogP contribution is 2.61. The maximum atomic E-state index is 13.7. The molecule has 2 saturated carbocycles. The Kier molecular flexibility index (Phi) is 4.60. The maximum absolute atomic E-state index is 13.7. The fourth-order valence-corrected chi connectivity index (χ4v) is 5.64. The van der Waals surface area contributed by atoms with Crippen molar-refractivity contribution in [1.29, 1.82) is 0 Å². The van der Waals surface area contributed by atoms with Gasteiger partial charge in [-0.2, -0.15) is 0 Å². The molecule has 2 fully saturated rings. The lowest BCUT2D eigenvalue weighted by molar-refractivity contribution is -0.120. The largest absolute Gasteiger partial charge is 0.490 e. The van der Waals surface area contributed by atoms with Crippen LogP contribution in [0.3, 0.4) is 0 Å². The second-order valence-electron chi connectivity index (χ2n) is 9.47. The number of rotatable bonds is 5. The zero-order valence-electron chi connectivity index (χ0n) is 18.5. The number of halogens is 1. The number of H-pyrrole nitrogens is 1. The number of hydrogen-bond donors (Lipinski definition) is 2. The molecule has 0 bridgehead atoms. The first kappa shape index (κ1) is 20.1. The van der Waals surface area contributed by atoms with Crippen LogP contribution in [-0.4, -0.2) is 27.0 Å². The fraction of sp³-hybridized carbons (Fsp3) is 0.346. The van der Waals surface area contributed by atoms with Crippen LogP contribution in [-0.2, 0) is 4.79 Å². The number of carbonyl (C=O) groups excluding carboxylic acids is 1. The van der Waals surface area contributed by atoms with Crippen molar-refractivity contribution in [3.8, 4) is 5.75 Å². The Morgan fingerprint density at radius 3 is 2.79 bits per heavy atom. The molecule has 2 heterocycles. The minimum atomic E-state index is -0.297. The summed E-state index contributed by atoms with van der Waals surface area (Å²) in [6.45, 7) is 4.02. The third kappa shape index (κ3) is 3.61. The summed E-state index contributed by atoms with van der Waals surface area (Å²) in [4.78, 5) is 24.8. The lowest BCUT2D eigenvalue weighted by Crippen LogP contribution is -2.26. The second-order valence-corrected chi connectivity index (χ2v) is 9.47. The molecule has 168 valence electrons. The first-order valence-electron chi connectivity index (χ1n) is 11.4. The van der Waals surface area contributed by atoms with E-state index in [4.69, 9.17) is 4.74 Å². The number of amides is 1. The highest BCUT2D eigenvalue weighted by molar-refractivity contribution is 5.93. The topological polar surface area (TPSA) is 79.9 Å². The number of aryl methyl sites for hydroxylation is 1. The van der Waals surface area contributed by atoms with Crippen molar-refractivity contribution in [1.82, 2.24) is 15.0 Å². The molecule has 6 nitrogen and oxygen atoms in total. The van der Waals surface area contributed by atoms with Crippen LogP contribution in [0.4, 0.5) is 10.3 Å². The Morgan fingerprint density at radius 1 is 1.15 bits per heavy atom. The van der Waals surface area contributed by atoms with E-state index in [1.807, 2.05) is 32.0 Å².